The minimum atomic E-state index is -0.897. The van der Waals surface area contributed by atoms with Gasteiger partial charge in [0.15, 0.2) is 0 Å². The van der Waals surface area contributed by atoms with Crippen LogP contribution in [0.3, 0.4) is 0 Å². The first-order chi connectivity index (χ1) is 11.7. The van der Waals surface area contributed by atoms with Crippen LogP contribution in [0.5, 0.6) is 0 Å². The van der Waals surface area contributed by atoms with Gasteiger partial charge in [0.05, 0.1) is 0 Å². The molecule has 2 fully saturated rings. The third kappa shape index (κ3) is 3.63. The van der Waals surface area contributed by atoms with Crippen LogP contribution >= 0.6 is 0 Å². The SMILES string of the molecule is CC(C)(C)OC(=O)N1C[C@H]2CN(Cc3ccccc3)C[C@@]2(C(=O)O)C1. The minimum absolute atomic E-state index is 0.0683. The number of hydrogen-bond acceptors (Lipinski definition) is 4. The van der Waals surface area contributed by atoms with Crippen molar-refractivity contribution in [2.24, 2.45) is 11.3 Å². The number of rotatable bonds is 3. The highest BCUT2D eigenvalue weighted by atomic mass is 16.6. The summed E-state index contributed by atoms with van der Waals surface area (Å²) in [6.45, 7) is 7.98. The number of hydrogen-bond donors (Lipinski definition) is 1. The molecule has 1 aromatic rings. The van der Waals surface area contributed by atoms with Gasteiger partial charge in [-0.05, 0) is 26.3 Å². The molecule has 1 aromatic carbocycles. The highest BCUT2D eigenvalue weighted by Gasteiger charge is 2.58. The van der Waals surface area contributed by atoms with Gasteiger partial charge >= 0.3 is 12.1 Å². The molecular weight excluding hydrogens is 320 g/mol. The Hall–Kier alpha value is -2.08. The zero-order valence-corrected chi connectivity index (χ0v) is 15.1. The first-order valence-electron chi connectivity index (χ1n) is 8.67. The summed E-state index contributed by atoms with van der Waals surface area (Å²) in [5.41, 5.74) is -0.303. The summed E-state index contributed by atoms with van der Waals surface area (Å²) in [6, 6.07) is 10.1. The Morgan fingerprint density at radius 1 is 1.20 bits per heavy atom. The van der Waals surface area contributed by atoms with Crippen molar-refractivity contribution in [2.45, 2.75) is 32.9 Å². The van der Waals surface area contributed by atoms with E-state index in [-0.39, 0.29) is 12.5 Å². The van der Waals surface area contributed by atoms with Gasteiger partial charge in [-0.1, -0.05) is 30.3 Å². The summed E-state index contributed by atoms with van der Waals surface area (Å²) in [5.74, 6) is -0.889. The largest absolute Gasteiger partial charge is 0.481 e. The van der Waals surface area contributed by atoms with E-state index in [4.69, 9.17) is 4.74 Å². The Balaban J connectivity index is 1.70. The van der Waals surface area contributed by atoms with Gasteiger partial charge in [-0.3, -0.25) is 9.69 Å². The van der Waals surface area contributed by atoms with E-state index in [1.54, 1.807) is 4.90 Å². The quantitative estimate of drug-likeness (QED) is 0.910. The van der Waals surface area contributed by atoms with Crippen molar-refractivity contribution >= 4 is 12.1 Å². The third-order valence-electron chi connectivity index (χ3n) is 5.01. The average molecular weight is 346 g/mol. The first-order valence-corrected chi connectivity index (χ1v) is 8.67. The van der Waals surface area contributed by atoms with Gasteiger partial charge in [-0.15, -0.1) is 0 Å². The van der Waals surface area contributed by atoms with Crippen LogP contribution < -0.4 is 0 Å². The van der Waals surface area contributed by atoms with Crippen LogP contribution in [0, 0.1) is 11.3 Å². The number of amides is 1. The number of benzene rings is 1. The topological polar surface area (TPSA) is 70.1 Å². The van der Waals surface area contributed by atoms with Crippen LogP contribution in [-0.2, 0) is 16.1 Å². The summed E-state index contributed by atoms with van der Waals surface area (Å²) < 4.78 is 5.41. The molecule has 2 heterocycles. The number of carboxylic acid groups (broad SMARTS) is 1. The molecule has 2 saturated heterocycles. The van der Waals surface area contributed by atoms with Crippen molar-refractivity contribution in [3.05, 3.63) is 35.9 Å². The summed E-state index contributed by atoms with van der Waals surface area (Å²) in [7, 11) is 0. The van der Waals surface area contributed by atoms with E-state index in [0.717, 1.165) is 6.54 Å². The van der Waals surface area contributed by atoms with Crippen LogP contribution in [0.2, 0.25) is 0 Å². The lowest BCUT2D eigenvalue weighted by Gasteiger charge is -2.27. The van der Waals surface area contributed by atoms with Crippen molar-refractivity contribution in [3.8, 4) is 0 Å². The molecule has 1 N–H and O–H groups in total. The molecule has 6 heteroatoms. The number of carboxylic acids is 1. The molecule has 0 aromatic heterocycles. The van der Waals surface area contributed by atoms with Gasteiger partial charge in [-0.2, -0.15) is 0 Å². The molecule has 0 unspecified atom stereocenters. The first kappa shape index (κ1) is 17.7. The van der Waals surface area contributed by atoms with Crippen LogP contribution in [-0.4, -0.2) is 58.7 Å². The smallest absolute Gasteiger partial charge is 0.410 e. The van der Waals surface area contributed by atoms with Crippen molar-refractivity contribution in [1.82, 2.24) is 9.80 Å². The molecule has 2 aliphatic rings. The molecule has 2 atom stereocenters. The molecular formula is C19H26N2O4. The number of carbonyl (C=O) groups is 2. The van der Waals surface area contributed by atoms with Gasteiger partial charge < -0.3 is 14.7 Å². The minimum Gasteiger partial charge on any atom is -0.481 e. The maximum absolute atomic E-state index is 12.3. The van der Waals surface area contributed by atoms with E-state index in [1.165, 1.54) is 5.56 Å². The average Bonchev–Trinajstić information content (AvgIpc) is 3.01. The molecule has 3 rings (SSSR count). The Labute approximate surface area is 148 Å². The molecule has 0 saturated carbocycles. The molecule has 0 radical (unpaired) electrons. The molecule has 25 heavy (non-hydrogen) atoms. The molecule has 1 amide bonds. The van der Waals surface area contributed by atoms with E-state index >= 15 is 0 Å². The molecule has 136 valence electrons. The summed E-state index contributed by atoms with van der Waals surface area (Å²) in [4.78, 5) is 28.1. The van der Waals surface area contributed by atoms with E-state index in [9.17, 15) is 14.7 Å². The van der Waals surface area contributed by atoms with Crippen molar-refractivity contribution < 1.29 is 19.4 Å². The van der Waals surface area contributed by atoms with E-state index in [1.807, 2.05) is 39.0 Å². The fraction of sp³-hybridized carbons (Fsp3) is 0.579. The van der Waals surface area contributed by atoms with Gasteiger partial charge in [-0.25, -0.2) is 4.79 Å². The van der Waals surface area contributed by atoms with Crippen molar-refractivity contribution in [1.29, 1.82) is 0 Å². The molecule has 2 aliphatic heterocycles. The summed E-state index contributed by atoms with van der Waals surface area (Å²) in [6.07, 6.45) is -0.419. The number of fused-ring (bicyclic) bond motifs is 1. The Morgan fingerprint density at radius 2 is 1.88 bits per heavy atom. The predicted octanol–water partition coefficient (Wildman–Crippen LogP) is 2.44. The maximum atomic E-state index is 12.3. The second kappa shape index (κ2) is 6.33. The number of ether oxygens (including phenoxy) is 1. The number of nitrogens with zero attached hydrogens (tertiary/aromatic N) is 2. The van der Waals surface area contributed by atoms with Crippen LogP contribution in [0.4, 0.5) is 4.79 Å². The second-order valence-electron chi connectivity index (χ2n) is 8.17. The lowest BCUT2D eigenvalue weighted by atomic mass is 9.81. The fourth-order valence-corrected chi connectivity index (χ4v) is 3.90. The van der Waals surface area contributed by atoms with Crippen LogP contribution in [0.25, 0.3) is 0 Å². The second-order valence-corrected chi connectivity index (χ2v) is 8.17. The Morgan fingerprint density at radius 3 is 2.44 bits per heavy atom. The Bertz CT molecular complexity index is 655. The van der Waals surface area contributed by atoms with Crippen LogP contribution in [0.15, 0.2) is 30.3 Å². The molecule has 0 bridgehead atoms. The summed E-state index contributed by atoms with van der Waals surface area (Å²) in [5, 5.41) is 9.88. The highest BCUT2D eigenvalue weighted by molar-refractivity contribution is 5.79. The monoisotopic (exact) mass is 346 g/mol. The van der Waals surface area contributed by atoms with Crippen LogP contribution in [0.1, 0.15) is 26.3 Å². The van der Waals surface area contributed by atoms with E-state index < -0.39 is 23.1 Å². The van der Waals surface area contributed by atoms with Crippen molar-refractivity contribution in [2.75, 3.05) is 26.2 Å². The highest BCUT2D eigenvalue weighted by Crippen LogP contribution is 2.43. The lowest BCUT2D eigenvalue weighted by molar-refractivity contribution is -0.148. The number of likely N-dealkylation sites (tertiary alicyclic amines) is 2. The molecule has 0 spiro atoms. The zero-order valence-electron chi connectivity index (χ0n) is 15.1. The number of aliphatic carboxylic acids is 1. The van der Waals surface area contributed by atoms with Gasteiger partial charge in [0.1, 0.15) is 11.0 Å². The third-order valence-corrected chi connectivity index (χ3v) is 5.01. The number of carbonyl (C=O) groups excluding carboxylic acids is 1. The van der Waals surface area contributed by atoms with E-state index in [2.05, 4.69) is 17.0 Å². The predicted molar refractivity (Wildman–Crippen MR) is 93.1 cm³/mol. The van der Waals surface area contributed by atoms with Gasteiger partial charge in [0.2, 0.25) is 0 Å². The fourth-order valence-electron chi connectivity index (χ4n) is 3.90. The van der Waals surface area contributed by atoms with Gasteiger partial charge in [0.25, 0.3) is 0 Å². The normalized spacial score (nSPS) is 26.5. The maximum Gasteiger partial charge on any atom is 0.410 e. The molecule has 0 aliphatic carbocycles. The lowest BCUT2D eigenvalue weighted by Crippen LogP contribution is -2.43. The van der Waals surface area contributed by atoms with Gasteiger partial charge in [0, 0.05) is 38.6 Å². The Kier molecular flexibility index (Phi) is 4.49. The summed E-state index contributed by atoms with van der Waals surface area (Å²) >= 11 is 0. The van der Waals surface area contributed by atoms with E-state index in [0.29, 0.717) is 19.6 Å². The van der Waals surface area contributed by atoms with Crippen molar-refractivity contribution in [3.63, 3.8) is 0 Å². The standard InChI is InChI=1S/C19H26N2O4/c1-18(2,3)25-17(24)21-11-15-10-20(9-14-7-5-4-6-8-14)12-19(15,13-21)16(22)23/h4-8,15H,9-13H2,1-3H3,(H,22,23)/t15-,19-/m1/s1. The molecule has 6 nitrogen and oxygen atoms in total. The zero-order chi connectivity index (χ0) is 18.2.